The van der Waals surface area contributed by atoms with Crippen molar-refractivity contribution in [2.24, 2.45) is 0 Å². The van der Waals surface area contributed by atoms with Gasteiger partial charge < -0.3 is 5.73 Å². The molecule has 14 heavy (non-hydrogen) atoms. The van der Waals surface area contributed by atoms with Crippen molar-refractivity contribution in [2.45, 2.75) is 0 Å². The second kappa shape index (κ2) is 3.80. The second-order valence-electron chi connectivity index (χ2n) is 2.96. The molecule has 0 aliphatic heterocycles. The molecule has 2 aromatic rings. The predicted molar refractivity (Wildman–Crippen MR) is 61.8 cm³/mol. The molecule has 1 aromatic carbocycles. The fraction of sp³-hybridized carbons (Fsp3) is 0. The standard InChI is InChI=1S/C11H9BrN2/c12-9-6-11(14-7-10(9)13)8-4-2-1-3-5-8/h1-7H,13H2. The van der Waals surface area contributed by atoms with E-state index in [9.17, 15) is 0 Å². The van der Waals surface area contributed by atoms with Crippen molar-refractivity contribution in [3.63, 3.8) is 0 Å². The highest BCUT2D eigenvalue weighted by atomic mass is 79.9. The van der Waals surface area contributed by atoms with E-state index in [2.05, 4.69) is 20.9 Å². The smallest absolute Gasteiger partial charge is 0.0714 e. The molecule has 1 heterocycles. The van der Waals surface area contributed by atoms with Gasteiger partial charge in [0, 0.05) is 10.0 Å². The van der Waals surface area contributed by atoms with Crippen molar-refractivity contribution in [3.8, 4) is 11.3 Å². The third-order valence-corrected chi connectivity index (χ3v) is 2.64. The number of aromatic nitrogens is 1. The van der Waals surface area contributed by atoms with Crippen LogP contribution in [0.25, 0.3) is 11.3 Å². The zero-order valence-electron chi connectivity index (χ0n) is 7.44. The fourth-order valence-electron chi connectivity index (χ4n) is 1.21. The number of pyridine rings is 1. The van der Waals surface area contributed by atoms with Gasteiger partial charge in [-0.05, 0) is 22.0 Å². The van der Waals surface area contributed by atoms with Crippen LogP contribution in [0.5, 0.6) is 0 Å². The topological polar surface area (TPSA) is 38.9 Å². The van der Waals surface area contributed by atoms with Gasteiger partial charge in [0.2, 0.25) is 0 Å². The van der Waals surface area contributed by atoms with Gasteiger partial charge in [0.15, 0.2) is 0 Å². The number of halogens is 1. The first-order chi connectivity index (χ1) is 6.77. The predicted octanol–water partition coefficient (Wildman–Crippen LogP) is 3.09. The number of nitrogens with zero attached hydrogens (tertiary/aromatic N) is 1. The highest BCUT2D eigenvalue weighted by molar-refractivity contribution is 9.10. The summed E-state index contributed by atoms with van der Waals surface area (Å²) in [4.78, 5) is 4.25. The number of hydrogen-bond acceptors (Lipinski definition) is 2. The summed E-state index contributed by atoms with van der Waals surface area (Å²) in [6, 6.07) is 11.9. The summed E-state index contributed by atoms with van der Waals surface area (Å²) in [5, 5.41) is 0. The van der Waals surface area contributed by atoms with Gasteiger partial charge in [-0.15, -0.1) is 0 Å². The van der Waals surface area contributed by atoms with E-state index >= 15 is 0 Å². The van der Waals surface area contributed by atoms with Crippen molar-refractivity contribution < 1.29 is 0 Å². The van der Waals surface area contributed by atoms with Gasteiger partial charge in [0.05, 0.1) is 17.6 Å². The van der Waals surface area contributed by atoms with E-state index < -0.39 is 0 Å². The van der Waals surface area contributed by atoms with Gasteiger partial charge in [-0.1, -0.05) is 30.3 Å². The minimum Gasteiger partial charge on any atom is -0.397 e. The van der Waals surface area contributed by atoms with Crippen molar-refractivity contribution >= 4 is 21.6 Å². The summed E-state index contributed by atoms with van der Waals surface area (Å²) >= 11 is 3.38. The SMILES string of the molecule is Nc1cnc(-c2ccccc2)cc1Br. The molecule has 0 aliphatic carbocycles. The first-order valence-corrected chi connectivity index (χ1v) is 5.03. The molecule has 2 nitrogen and oxygen atoms in total. The van der Waals surface area contributed by atoms with Crippen LogP contribution in [0.15, 0.2) is 47.1 Å². The molecule has 0 saturated carbocycles. The van der Waals surface area contributed by atoms with Crippen LogP contribution in [0.2, 0.25) is 0 Å². The number of hydrogen-bond donors (Lipinski definition) is 1. The molecule has 0 spiro atoms. The van der Waals surface area contributed by atoms with E-state index in [1.807, 2.05) is 36.4 Å². The molecular formula is C11H9BrN2. The van der Waals surface area contributed by atoms with Crippen LogP contribution in [0.3, 0.4) is 0 Å². The molecular weight excluding hydrogens is 240 g/mol. The van der Waals surface area contributed by atoms with Gasteiger partial charge >= 0.3 is 0 Å². The zero-order valence-corrected chi connectivity index (χ0v) is 9.03. The molecule has 0 atom stereocenters. The number of nitrogens with two attached hydrogens (primary N) is 1. The van der Waals surface area contributed by atoms with Gasteiger partial charge in [-0.3, -0.25) is 4.98 Å². The normalized spacial score (nSPS) is 10.1. The van der Waals surface area contributed by atoms with Gasteiger partial charge in [-0.25, -0.2) is 0 Å². The Labute approximate surface area is 90.9 Å². The molecule has 0 fully saturated rings. The quantitative estimate of drug-likeness (QED) is 0.843. The summed E-state index contributed by atoms with van der Waals surface area (Å²) < 4.78 is 0.881. The average Bonchev–Trinajstić information content (AvgIpc) is 2.23. The third-order valence-electron chi connectivity index (χ3n) is 1.95. The van der Waals surface area contributed by atoms with Crippen molar-refractivity contribution in [1.82, 2.24) is 4.98 Å². The molecule has 1 aromatic heterocycles. The maximum atomic E-state index is 5.66. The summed E-state index contributed by atoms with van der Waals surface area (Å²) in [6.07, 6.45) is 1.66. The molecule has 2 rings (SSSR count). The van der Waals surface area contributed by atoms with Crippen LogP contribution in [-0.4, -0.2) is 4.98 Å². The molecule has 2 N–H and O–H groups in total. The van der Waals surface area contributed by atoms with E-state index in [0.29, 0.717) is 5.69 Å². The average molecular weight is 249 g/mol. The molecule has 0 unspecified atom stereocenters. The Morgan fingerprint density at radius 2 is 1.86 bits per heavy atom. The lowest BCUT2D eigenvalue weighted by atomic mass is 10.1. The molecule has 0 saturated heterocycles. The zero-order chi connectivity index (χ0) is 9.97. The summed E-state index contributed by atoms with van der Waals surface area (Å²) in [6.45, 7) is 0. The summed E-state index contributed by atoms with van der Waals surface area (Å²) in [7, 11) is 0. The minimum atomic E-state index is 0.657. The first kappa shape index (κ1) is 9.21. The molecule has 3 heteroatoms. The Hall–Kier alpha value is -1.35. The third kappa shape index (κ3) is 1.77. The van der Waals surface area contributed by atoms with Crippen LogP contribution in [-0.2, 0) is 0 Å². The van der Waals surface area contributed by atoms with Crippen LogP contribution in [0.4, 0.5) is 5.69 Å². The molecule has 0 amide bonds. The number of anilines is 1. The number of nitrogen functional groups attached to an aromatic ring is 1. The van der Waals surface area contributed by atoms with Crippen LogP contribution < -0.4 is 5.73 Å². The lowest BCUT2D eigenvalue weighted by Gasteiger charge is -2.02. The molecule has 0 bridgehead atoms. The Kier molecular flexibility index (Phi) is 2.50. The fourth-order valence-corrected chi connectivity index (χ4v) is 1.53. The van der Waals surface area contributed by atoms with E-state index in [1.54, 1.807) is 6.20 Å². The molecule has 0 radical (unpaired) electrons. The second-order valence-corrected chi connectivity index (χ2v) is 3.81. The molecule has 70 valence electrons. The highest BCUT2D eigenvalue weighted by Crippen LogP contribution is 2.24. The van der Waals surface area contributed by atoms with E-state index in [0.717, 1.165) is 15.7 Å². The van der Waals surface area contributed by atoms with Crippen molar-refractivity contribution in [1.29, 1.82) is 0 Å². The van der Waals surface area contributed by atoms with E-state index in [1.165, 1.54) is 0 Å². The number of benzene rings is 1. The van der Waals surface area contributed by atoms with Gasteiger partial charge in [-0.2, -0.15) is 0 Å². The van der Waals surface area contributed by atoms with Gasteiger partial charge in [0.25, 0.3) is 0 Å². The maximum Gasteiger partial charge on any atom is 0.0714 e. The van der Waals surface area contributed by atoms with E-state index in [4.69, 9.17) is 5.73 Å². The Bertz CT molecular complexity index is 440. The monoisotopic (exact) mass is 248 g/mol. The molecule has 0 aliphatic rings. The summed E-state index contributed by atoms with van der Waals surface area (Å²) in [5.74, 6) is 0. The largest absolute Gasteiger partial charge is 0.397 e. The van der Waals surface area contributed by atoms with Crippen LogP contribution in [0, 0.1) is 0 Å². The van der Waals surface area contributed by atoms with Crippen LogP contribution >= 0.6 is 15.9 Å². The minimum absolute atomic E-state index is 0.657. The van der Waals surface area contributed by atoms with Crippen LogP contribution in [0.1, 0.15) is 0 Å². The van der Waals surface area contributed by atoms with Crippen molar-refractivity contribution in [3.05, 3.63) is 47.1 Å². The Balaban J connectivity index is 2.48. The Morgan fingerprint density at radius 1 is 1.14 bits per heavy atom. The first-order valence-electron chi connectivity index (χ1n) is 4.24. The summed E-state index contributed by atoms with van der Waals surface area (Å²) in [5.41, 5.74) is 8.33. The maximum absolute atomic E-state index is 5.66. The van der Waals surface area contributed by atoms with Crippen molar-refractivity contribution in [2.75, 3.05) is 5.73 Å². The lowest BCUT2D eigenvalue weighted by molar-refractivity contribution is 1.32. The number of rotatable bonds is 1. The van der Waals surface area contributed by atoms with Gasteiger partial charge in [0.1, 0.15) is 0 Å². The Morgan fingerprint density at radius 3 is 2.50 bits per heavy atom. The highest BCUT2D eigenvalue weighted by Gasteiger charge is 2.01. The van der Waals surface area contributed by atoms with E-state index in [-0.39, 0.29) is 0 Å². The lowest BCUT2D eigenvalue weighted by Crippen LogP contribution is -1.90.